The van der Waals surface area contributed by atoms with Crippen molar-refractivity contribution >= 4 is 23.4 Å². The smallest absolute Gasteiger partial charge is 0.358 e. The zero-order valence-corrected chi connectivity index (χ0v) is 11.0. The lowest BCUT2D eigenvalue weighted by molar-refractivity contribution is 0.0593. The Balaban J connectivity index is 2.05. The lowest BCUT2D eigenvalue weighted by Gasteiger charge is -2.06. The van der Waals surface area contributed by atoms with Gasteiger partial charge in [-0.25, -0.2) is 9.78 Å². The lowest BCUT2D eigenvalue weighted by atomic mass is 10.2. The van der Waals surface area contributed by atoms with Crippen molar-refractivity contribution in [1.82, 2.24) is 9.97 Å². The quantitative estimate of drug-likeness (QED) is 0.870. The summed E-state index contributed by atoms with van der Waals surface area (Å²) in [6.45, 7) is 0.542. The molecule has 0 atom stereocenters. The molecule has 19 heavy (non-hydrogen) atoms. The van der Waals surface area contributed by atoms with E-state index >= 15 is 0 Å². The van der Waals surface area contributed by atoms with Gasteiger partial charge in [-0.1, -0.05) is 23.7 Å². The number of methoxy groups -OCH3 is 1. The average molecular weight is 278 g/mol. The van der Waals surface area contributed by atoms with Crippen molar-refractivity contribution in [2.24, 2.45) is 0 Å². The third kappa shape index (κ3) is 3.66. The van der Waals surface area contributed by atoms with Gasteiger partial charge in [0.05, 0.1) is 19.5 Å². The Hall–Kier alpha value is -2.14. The number of benzene rings is 1. The number of nitrogens with zero attached hydrogens (tertiary/aromatic N) is 2. The predicted octanol–water partition coefficient (Wildman–Crippen LogP) is 2.53. The maximum absolute atomic E-state index is 11.3. The van der Waals surface area contributed by atoms with Gasteiger partial charge < -0.3 is 10.1 Å². The fraction of sp³-hybridized carbons (Fsp3) is 0.154. The van der Waals surface area contributed by atoms with Crippen LogP contribution in [0.4, 0.5) is 5.82 Å². The molecule has 0 unspecified atom stereocenters. The monoisotopic (exact) mass is 277 g/mol. The maximum atomic E-state index is 11.3. The number of nitrogens with one attached hydrogen (secondary N) is 1. The van der Waals surface area contributed by atoms with Gasteiger partial charge in [-0.3, -0.25) is 4.98 Å². The lowest BCUT2D eigenvalue weighted by Crippen LogP contribution is -2.08. The van der Waals surface area contributed by atoms with Crippen molar-refractivity contribution in [1.29, 1.82) is 0 Å². The summed E-state index contributed by atoms with van der Waals surface area (Å²) in [6.07, 6.45) is 2.90. The molecule has 5 nitrogen and oxygen atoms in total. The molecule has 0 aliphatic heterocycles. The first-order chi connectivity index (χ1) is 9.19. The first-order valence-electron chi connectivity index (χ1n) is 5.57. The van der Waals surface area contributed by atoms with E-state index in [1.54, 1.807) is 0 Å². The molecular formula is C13H12ClN3O2. The molecule has 0 amide bonds. The summed E-state index contributed by atoms with van der Waals surface area (Å²) in [6, 6.07) is 7.47. The Morgan fingerprint density at radius 2 is 2.26 bits per heavy atom. The van der Waals surface area contributed by atoms with E-state index in [4.69, 9.17) is 11.6 Å². The number of aromatic nitrogens is 2. The molecular weight excluding hydrogens is 266 g/mol. The minimum atomic E-state index is -0.515. The highest BCUT2D eigenvalue weighted by atomic mass is 35.5. The van der Waals surface area contributed by atoms with Gasteiger partial charge in [0.2, 0.25) is 0 Å². The number of carbonyl (C=O) groups is 1. The molecule has 0 saturated carbocycles. The highest BCUT2D eigenvalue weighted by Crippen LogP contribution is 2.12. The van der Waals surface area contributed by atoms with E-state index in [0.717, 1.165) is 5.56 Å². The molecule has 0 fully saturated rings. The number of anilines is 1. The zero-order chi connectivity index (χ0) is 13.7. The fourth-order valence-corrected chi connectivity index (χ4v) is 1.71. The fourth-order valence-electron chi connectivity index (χ4n) is 1.49. The standard InChI is InChI=1S/C13H12ClN3O2/c1-19-13(18)11-7-15-8-12(17-11)16-6-9-3-2-4-10(14)5-9/h2-5,7-8H,6H2,1H3,(H,16,17). The van der Waals surface area contributed by atoms with Crippen LogP contribution in [-0.2, 0) is 11.3 Å². The number of esters is 1. The van der Waals surface area contributed by atoms with Gasteiger partial charge in [-0.05, 0) is 17.7 Å². The number of halogens is 1. The van der Waals surface area contributed by atoms with Crippen molar-refractivity contribution < 1.29 is 9.53 Å². The van der Waals surface area contributed by atoms with Crippen LogP contribution in [-0.4, -0.2) is 23.0 Å². The van der Waals surface area contributed by atoms with Crippen LogP contribution in [0.15, 0.2) is 36.7 Å². The van der Waals surface area contributed by atoms with Crippen LogP contribution in [0, 0.1) is 0 Å². The maximum Gasteiger partial charge on any atom is 0.358 e. The Morgan fingerprint density at radius 3 is 3.00 bits per heavy atom. The third-order valence-electron chi connectivity index (χ3n) is 2.39. The van der Waals surface area contributed by atoms with Crippen LogP contribution in [0.25, 0.3) is 0 Å². The summed E-state index contributed by atoms with van der Waals surface area (Å²) in [7, 11) is 1.30. The number of ether oxygens (including phenoxy) is 1. The molecule has 1 aromatic carbocycles. The zero-order valence-electron chi connectivity index (χ0n) is 10.3. The summed E-state index contributed by atoms with van der Waals surface area (Å²) in [5, 5.41) is 3.74. The van der Waals surface area contributed by atoms with Crippen molar-refractivity contribution in [3.8, 4) is 0 Å². The number of hydrogen-bond acceptors (Lipinski definition) is 5. The van der Waals surface area contributed by atoms with Gasteiger partial charge in [-0.15, -0.1) is 0 Å². The van der Waals surface area contributed by atoms with Gasteiger partial charge in [0, 0.05) is 11.6 Å². The summed E-state index contributed by atoms with van der Waals surface area (Å²) in [5.41, 5.74) is 1.18. The van der Waals surface area contributed by atoms with Gasteiger partial charge in [0.1, 0.15) is 5.82 Å². The van der Waals surface area contributed by atoms with E-state index < -0.39 is 5.97 Å². The molecule has 0 radical (unpaired) electrons. The topological polar surface area (TPSA) is 64.1 Å². The van der Waals surface area contributed by atoms with Crippen LogP contribution in [0.1, 0.15) is 16.1 Å². The Bertz CT molecular complexity index is 590. The van der Waals surface area contributed by atoms with E-state index in [-0.39, 0.29) is 5.69 Å². The van der Waals surface area contributed by atoms with E-state index in [0.29, 0.717) is 17.4 Å². The normalized spacial score (nSPS) is 10.0. The average Bonchev–Trinajstić information content (AvgIpc) is 2.45. The summed E-state index contributed by atoms with van der Waals surface area (Å²) < 4.78 is 4.58. The molecule has 0 bridgehead atoms. The number of rotatable bonds is 4. The minimum Gasteiger partial charge on any atom is -0.464 e. The number of hydrogen-bond donors (Lipinski definition) is 1. The molecule has 0 spiro atoms. The Kier molecular flexibility index (Phi) is 4.30. The second-order valence-corrected chi connectivity index (χ2v) is 4.20. The van der Waals surface area contributed by atoms with Crippen molar-refractivity contribution in [2.45, 2.75) is 6.54 Å². The summed E-state index contributed by atoms with van der Waals surface area (Å²) in [4.78, 5) is 19.3. The van der Waals surface area contributed by atoms with Crippen LogP contribution in [0.5, 0.6) is 0 Å². The molecule has 0 aliphatic rings. The van der Waals surface area contributed by atoms with Gasteiger partial charge in [-0.2, -0.15) is 0 Å². The van der Waals surface area contributed by atoms with Crippen molar-refractivity contribution in [2.75, 3.05) is 12.4 Å². The van der Waals surface area contributed by atoms with Gasteiger partial charge in [0.25, 0.3) is 0 Å². The van der Waals surface area contributed by atoms with Gasteiger partial charge >= 0.3 is 5.97 Å². The second kappa shape index (κ2) is 6.15. The molecule has 1 aromatic heterocycles. The van der Waals surface area contributed by atoms with Crippen LogP contribution < -0.4 is 5.32 Å². The molecule has 0 saturated heterocycles. The van der Waals surface area contributed by atoms with E-state index in [9.17, 15) is 4.79 Å². The first-order valence-corrected chi connectivity index (χ1v) is 5.95. The van der Waals surface area contributed by atoms with E-state index in [1.807, 2.05) is 24.3 Å². The molecule has 98 valence electrons. The summed E-state index contributed by atoms with van der Waals surface area (Å²) in [5.74, 6) is -0.0122. The van der Waals surface area contributed by atoms with Gasteiger partial charge in [0.15, 0.2) is 5.69 Å². The van der Waals surface area contributed by atoms with Crippen LogP contribution >= 0.6 is 11.6 Å². The van der Waals surface area contributed by atoms with Crippen molar-refractivity contribution in [3.05, 3.63) is 52.9 Å². The minimum absolute atomic E-state index is 0.165. The highest BCUT2D eigenvalue weighted by Gasteiger charge is 2.08. The number of carbonyl (C=O) groups excluding carboxylic acids is 1. The molecule has 2 rings (SSSR count). The molecule has 2 aromatic rings. The highest BCUT2D eigenvalue weighted by molar-refractivity contribution is 6.30. The molecule has 6 heteroatoms. The van der Waals surface area contributed by atoms with E-state index in [1.165, 1.54) is 19.5 Å². The Labute approximate surface area is 115 Å². The van der Waals surface area contributed by atoms with E-state index in [2.05, 4.69) is 20.0 Å². The SMILES string of the molecule is COC(=O)c1cncc(NCc2cccc(Cl)c2)n1. The first kappa shape index (κ1) is 13.3. The molecule has 1 N–H and O–H groups in total. The third-order valence-corrected chi connectivity index (χ3v) is 2.63. The predicted molar refractivity (Wildman–Crippen MR) is 72.2 cm³/mol. The largest absolute Gasteiger partial charge is 0.464 e. The van der Waals surface area contributed by atoms with Crippen molar-refractivity contribution in [3.63, 3.8) is 0 Å². The van der Waals surface area contributed by atoms with Crippen LogP contribution in [0.2, 0.25) is 5.02 Å². The Morgan fingerprint density at radius 1 is 1.42 bits per heavy atom. The molecule has 0 aliphatic carbocycles. The second-order valence-electron chi connectivity index (χ2n) is 3.76. The van der Waals surface area contributed by atoms with Crippen LogP contribution in [0.3, 0.4) is 0 Å². The summed E-state index contributed by atoms with van der Waals surface area (Å²) >= 11 is 5.90. The molecule has 1 heterocycles.